The molecule has 1 unspecified atom stereocenters. The molecule has 1 heterocycles. The van der Waals surface area contributed by atoms with Crippen molar-refractivity contribution >= 4 is 0 Å². The largest absolute Gasteiger partial charge is 0.345 e. The molecule has 0 bridgehead atoms. The Bertz CT molecular complexity index is 127. The topological polar surface area (TPSA) is 18.5 Å². The number of hydrogen-bond donors (Lipinski definition) is 0. The van der Waals surface area contributed by atoms with E-state index in [0.717, 1.165) is 0 Å². The average molecular weight is 128 g/mol. The Morgan fingerprint density at radius 1 is 1.44 bits per heavy atom. The van der Waals surface area contributed by atoms with Crippen LogP contribution in [0.2, 0.25) is 0 Å². The molecule has 2 heteroatoms. The van der Waals surface area contributed by atoms with Crippen LogP contribution in [0, 0.1) is 5.92 Å². The van der Waals surface area contributed by atoms with Gasteiger partial charge in [-0.1, -0.05) is 6.92 Å². The first kappa shape index (κ1) is 6.62. The molecule has 52 valence electrons. The average Bonchev–Trinajstić information content (AvgIpc) is 1.77. The summed E-state index contributed by atoms with van der Waals surface area (Å²) in [5.41, 5.74) is -0.172. The third-order valence-corrected chi connectivity index (χ3v) is 1.78. The molecular weight excluding hydrogens is 116 g/mol. The van der Waals surface area contributed by atoms with E-state index < -0.39 is 0 Å². The van der Waals surface area contributed by atoms with Gasteiger partial charge in [-0.3, -0.25) is 0 Å². The van der Waals surface area contributed by atoms with Gasteiger partial charge in [0.2, 0.25) is 0 Å². The second-order valence-electron chi connectivity index (χ2n) is 2.90. The highest BCUT2D eigenvalue weighted by molar-refractivity contribution is 4.92. The summed E-state index contributed by atoms with van der Waals surface area (Å²) in [6.45, 7) is 6.10. The van der Waals surface area contributed by atoms with Crippen molar-refractivity contribution in [2.75, 3.05) is 0 Å². The fourth-order valence-corrected chi connectivity index (χ4v) is 0.609. The maximum Gasteiger partial charge on any atom is 0.126 e. The molecule has 0 N–H and O–H groups in total. The Morgan fingerprint density at radius 2 is 2.11 bits per heavy atom. The van der Waals surface area contributed by atoms with E-state index in [4.69, 9.17) is 4.89 Å². The third-order valence-electron chi connectivity index (χ3n) is 1.78. The minimum absolute atomic E-state index is 0.172. The van der Waals surface area contributed by atoms with Gasteiger partial charge in [0.1, 0.15) is 11.9 Å². The van der Waals surface area contributed by atoms with Crippen molar-refractivity contribution in [2.24, 2.45) is 5.92 Å². The summed E-state index contributed by atoms with van der Waals surface area (Å²) in [6.07, 6.45) is 3.57. The van der Waals surface area contributed by atoms with Crippen molar-refractivity contribution < 1.29 is 9.78 Å². The predicted molar refractivity (Wildman–Crippen MR) is 34.6 cm³/mol. The maximum absolute atomic E-state index is 4.99. The Kier molecular flexibility index (Phi) is 1.49. The second kappa shape index (κ2) is 2.03. The van der Waals surface area contributed by atoms with Crippen molar-refractivity contribution in [3.8, 4) is 0 Å². The highest BCUT2D eigenvalue weighted by Crippen LogP contribution is 2.25. The zero-order valence-corrected chi connectivity index (χ0v) is 6.05. The molecule has 1 rings (SSSR count). The van der Waals surface area contributed by atoms with Crippen molar-refractivity contribution in [1.82, 2.24) is 0 Å². The second-order valence-corrected chi connectivity index (χ2v) is 2.90. The van der Waals surface area contributed by atoms with Gasteiger partial charge in [0.25, 0.3) is 0 Å². The van der Waals surface area contributed by atoms with Gasteiger partial charge in [0.15, 0.2) is 0 Å². The van der Waals surface area contributed by atoms with Gasteiger partial charge >= 0.3 is 0 Å². The van der Waals surface area contributed by atoms with Gasteiger partial charge in [-0.2, -0.15) is 4.89 Å². The van der Waals surface area contributed by atoms with Crippen LogP contribution in [0.25, 0.3) is 0 Å². The minimum atomic E-state index is -0.172. The zero-order chi connectivity index (χ0) is 6.91. The van der Waals surface area contributed by atoms with Crippen molar-refractivity contribution in [3.05, 3.63) is 12.3 Å². The molecular formula is C7H12O2. The van der Waals surface area contributed by atoms with Crippen LogP contribution < -0.4 is 0 Å². The zero-order valence-electron chi connectivity index (χ0n) is 6.05. The first-order chi connectivity index (χ1) is 4.13. The fraction of sp³-hybridized carbons (Fsp3) is 0.714. The van der Waals surface area contributed by atoms with E-state index >= 15 is 0 Å². The standard InChI is InChI=1S/C7H12O2/c1-6-4-5-8-9-7(6,2)3/h4-6H,1-3H3. The molecule has 0 aromatic rings. The van der Waals surface area contributed by atoms with Crippen LogP contribution in [-0.2, 0) is 9.78 Å². The smallest absolute Gasteiger partial charge is 0.126 e. The maximum atomic E-state index is 4.99. The van der Waals surface area contributed by atoms with E-state index in [9.17, 15) is 0 Å². The molecule has 0 aromatic heterocycles. The quantitative estimate of drug-likeness (QED) is 0.464. The first-order valence-corrected chi connectivity index (χ1v) is 3.14. The third kappa shape index (κ3) is 1.24. The Morgan fingerprint density at radius 3 is 2.44 bits per heavy atom. The van der Waals surface area contributed by atoms with Gasteiger partial charge in [0, 0.05) is 5.92 Å². The molecule has 0 amide bonds. The van der Waals surface area contributed by atoms with E-state index in [2.05, 4.69) is 11.8 Å². The van der Waals surface area contributed by atoms with Crippen LogP contribution >= 0.6 is 0 Å². The number of rotatable bonds is 0. The van der Waals surface area contributed by atoms with Crippen LogP contribution in [0.15, 0.2) is 12.3 Å². The molecule has 0 fully saturated rings. The van der Waals surface area contributed by atoms with Gasteiger partial charge in [-0.15, -0.1) is 0 Å². The lowest BCUT2D eigenvalue weighted by Gasteiger charge is -2.30. The first-order valence-electron chi connectivity index (χ1n) is 3.14. The van der Waals surface area contributed by atoms with E-state index in [-0.39, 0.29) is 5.60 Å². The van der Waals surface area contributed by atoms with Crippen LogP contribution in [0.4, 0.5) is 0 Å². The van der Waals surface area contributed by atoms with E-state index in [1.165, 1.54) is 0 Å². The normalized spacial score (nSPS) is 31.7. The van der Waals surface area contributed by atoms with Gasteiger partial charge in [-0.05, 0) is 19.9 Å². The molecule has 0 aliphatic carbocycles. The highest BCUT2D eigenvalue weighted by atomic mass is 17.2. The summed E-state index contributed by atoms with van der Waals surface area (Å²) >= 11 is 0. The van der Waals surface area contributed by atoms with E-state index in [0.29, 0.717) is 5.92 Å². The van der Waals surface area contributed by atoms with Crippen molar-refractivity contribution in [2.45, 2.75) is 26.4 Å². The number of hydrogen-bond acceptors (Lipinski definition) is 2. The van der Waals surface area contributed by atoms with Gasteiger partial charge in [0.05, 0.1) is 0 Å². The summed E-state index contributed by atoms with van der Waals surface area (Å²) in [4.78, 5) is 9.67. The Labute approximate surface area is 55.4 Å². The molecule has 0 aromatic carbocycles. The lowest BCUT2D eigenvalue weighted by molar-refractivity contribution is -0.334. The summed E-state index contributed by atoms with van der Waals surface area (Å²) in [5, 5.41) is 0. The van der Waals surface area contributed by atoms with Crippen LogP contribution in [0.5, 0.6) is 0 Å². The van der Waals surface area contributed by atoms with Crippen LogP contribution in [0.1, 0.15) is 20.8 Å². The molecule has 0 radical (unpaired) electrons. The fourth-order valence-electron chi connectivity index (χ4n) is 0.609. The molecule has 1 aliphatic heterocycles. The minimum Gasteiger partial charge on any atom is -0.345 e. The van der Waals surface area contributed by atoms with Gasteiger partial charge < -0.3 is 4.89 Å². The highest BCUT2D eigenvalue weighted by Gasteiger charge is 2.28. The molecule has 0 saturated carbocycles. The summed E-state index contributed by atoms with van der Waals surface area (Å²) in [6, 6.07) is 0. The van der Waals surface area contributed by atoms with Crippen LogP contribution in [0.3, 0.4) is 0 Å². The van der Waals surface area contributed by atoms with Gasteiger partial charge in [-0.25, -0.2) is 0 Å². The Balaban J connectivity index is 2.66. The monoisotopic (exact) mass is 128 g/mol. The van der Waals surface area contributed by atoms with Crippen molar-refractivity contribution in [3.63, 3.8) is 0 Å². The molecule has 0 spiro atoms. The molecule has 0 saturated heterocycles. The van der Waals surface area contributed by atoms with Crippen LogP contribution in [-0.4, -0.2) is 5.60 Å². The predicted octanol–water partition coefficient (Wildman–Crippen LogP) is 1.88. The molecule has 9 heavy (non-hydrogen) atoms. The van der Waals surface area contributed by atoms with Crippen molar-refractivity contribution in [1.29, 1.82) is 0 Å². The molecule has 1 atom stereocenters. The lowest BCUT2D eigenvalue weighted by Crippen LogP contribution is -2.33. The summed E-state index contributed by atoms with van der Waals surface area (Å²) in [7, 11) is 0. The summed E-state index contributed by atoms with van der Waals surface area (Å²) in [5.74, 6) is 0.422. The van der Waals surface area contributed by atoms with E-state index in [1.807, 2.05) is 19.9 Å². The summed E-state index contributed by atoms with van der Waals surface area (Å²) < 4.78 is 0. The SMILES string of the molecule is CC1C=COOC1(C)C. The lowest BCUT2D eigenvalue weighted by atomic mass is 9.93. The molecule has 1 aliphatic rings. The van der Waals surface area contributed by atoms with E-state index in [1.54, 1.807) is 6.26 Å². The Hall–Kier alpha value is -0.500. The molecule has 2 nitrogen and oxygen atoms in total.